The topological polar surface area (TPSA) is 0 Å². The molecule has 0 atom stereocenters. The van der Waals surface area contributed by atoms with E-state index in [1.54, 1.807) is 0 Å². The number of fused-ring (bicyclic) bond motifs is 3. The molecule has 10 aromatic carbocycles. The zero-order valence-electron chi connectivity index (χ0n) is 40.1. The molecule has 0 saturated heterocycles. The van der Waals surface area contributed by atoms with E-state index in [-0.39, 0.29) is 44.8 Å². The Labute approximate surface area is 542 Å². The molecule has 0 aliphatic heterocycles. The number of hydrogen-bond acceptors (Lipinski definition) is 0. The van der Waals surface area contributed by atoms with Gasteiger partial charge >= 0.3 is 44.8 Å². The molecule has 0 aromatic heterocycles. The first-order chi connectivity index (χ1) is 36.3. The van der Waals surface area contributed by atoms with Gasteiger partial charge in [0.1, 0.15) is 0 Å². The monoisotopic (exact) mass is 1630 g/mol. The maximum atomic E-state index is 7.73. The first-order valence-electron chi connectivity index (χ1n) is 22.3. The minimum absolute atomic E-state index is 0. The molecule has 0 radical (unpaired) electrons. The van der Waals surface area contributed by atoms with E-state index >= 15 is 0 Å². The molecule has 0 aliphatic carbocycles. The third-order valence-corrected chi connectivity index (χ3v) is 15.1. The molecule has 0 heterocycles. The summed E-state index contributed by atoms with van der Waals surface area (Å²) in [5, 5.41) is 15.4. The summed E-state index contributed by atoms with van der Waals surface area (Å²) in [6, 6.07) is 84.8. The normalized spacial score (nSPS) is 9.90. The van der Waals surface area contributed by atoms with Gasteiger partial charge in [0, 0.05) is 0 Å². The zero-order valence-corrected chi connectivity index (χ0v) is 54.5. The second-order valence-corrected chi connectivity index (χ2v) is 25.8. The van der Waals surface area contributed by atoms with Crippen molar-refractivity contribution in [2.45, 2.75) is 12.9 Å². The first kappa shape index (κ1) is 70.7. The van der Waals surface area contributed by atoms with Crippen LogP contribution in [0, 0.1) is 30.0 Å². The summed E-state index contributed by atoms with van der Waals surface area (Å²) in [7, 11) is -0.892. The SMILES string of the molecule is ClC(Cl)Cl.ClC(Cl)Cl.ClC(Cl)Cl.Cl[CH-]Cl.[Au+].[Au+].[C-]#Cc1c2ccccc2c(C#[C-])c2cc3ccccc3cc12.c1ccc(P(c2ccccc2)c2ccccc2)cc1.c1ccc(P(c2ccccc2)c2ccccc2)cc1. The molecule has 402 valence electrons. The van der Waals surface area contributed by atoms with Gasteiger partial charge in [0.15, 0.2) is 12.9 Å². The van der Waals surface area contributed by atoms with Crippen LogP contribution in [0.1, 0.15) is 11.1 Å². The van der Waals surface area contributed by atoms with E-state index in [9.17, 15) is 0 Å². The van der Waals surface area contributed by atoms with Gasteiger partial charge in [0.25, 0.3) is 0 Å². The summed E-state index contributed by atoms with van der Waals surface area (Å²) in [6.45, 7) is 0. The van der Waals surface area contributed by atoms with E-state index in [0.29, 0.717) is 0 Å². The van der Waals surface area contributed by atoms with Crippen LogP contribution < -0.4 is 31.8 Å². The van der Waals surface area contributed by atoms with Crippen LogP contribution in [0.25, 0.3) is 32.3 Å². The van der Waals surface area contributed by atoms with Gasteiger partial charge in [-0.1, -0.05) is 347 Å². The number of rotatable bonds is 6. The maximum Gasteiger partial charge on any atom is 1.00 e. The van der Waals surface area contributed by atoms with E-state index < -0.39 is 28.7 Å². The molecule has 0 N–H and O–H groups in total. The van der Waals surface area contributed by atoms with Gasteiger partial charge in [0.2, 0.25) is 0 Å². The molecular formula is C62H44Au2Cl11P2-. The Bertz CT molecular complexity index is 2840. The molecule has 15 heteroatoms. The average Bonchev–Trinajstić information content (AvgIpc) is 3.43. The second kappa shape index (κ2) is 40.7. The van der Waals surface area contributed by atoms with Crippen LogP contribution in [-0.2, 0) is 44.8 Å². The van der Waals surface area contributed by atoms with Crippen LogP contribution in [0.5, 0.6) is 0 Å². The molecule has 0 bridgehead atoms. The summed E-state index contributed by atoms with van der Waals surface area (Å²) in [4.78, 5) is 0. The van der Waals surface area contributed by atoms with E-state index in [0.717, 1.165) is 48.8 Å². The molecule has 0 fully saturated rings. The molecular weight excluding hydrogens is 1590 g/mol. The van der Waals surface area contributed by atoms with E-state index in [1.807, 2.05) is 36.4 Å². The molecule has 10 aromatic rings. The minimum atomic E-state index is -0.750. The fraction of sp³-hybridized carbons (Fsp3) is 0.0484. The molecule has 0 unspecified atom stereocenters. The Morgan fingerprint density at radius 3 is 0.649 bits per heavy atom. The molecule has 0 saturated carbocycles. The molecule has 0 aliphatic rings. The Morgan fingerprint density at radius 1 is 0.299 bits per heavy atom. The summed E-state index contributed by atoms with van der Waals surface area (Å²) in [6.07, 6.45) is 15.5. The fourth-order valence-corrected chi connectivity index (χ4v) is 12.1. The summed E-state index contributed by atoms with van der Waals surface area (Å²) < 4.78 is -2.25. The van der Waals surface area contributed by atoms with Crippen molar-refractivity contribution in [1.29, 1.82) is 0 Å². The Hall–Kier alpha value is -2.37. The van der Waals surface area contributed by atoms with Crippen molar-refractivity contribution in [3.8, 4) is 11.8 Å². The van der Waals surface area contributed by atoms with Gasteiger partial charge in [-0.25, -0.2) is 0 Å². The van der Waals surface area contributed by atoms with E-state index in [4.69, 9.17) is 117 Å². The van der Waals surface area contributed by atoms with Gasteiger partial charge in [0.05, 0.1) is 0 Å². The van der Waals surface area contributed by atoms with E-state index in [1.165, 1.54) is 31.8 Å². The van der Waals surface area contributed by atoms with Crippen molar-refractivity contribution in [2.24, 2.45) is 0 Å². The largest absolute Gasteiger partial charge is 1.00 e. The van der Waals surface area contributed by atoms with Crippen LogP contribution in [-0.4, -0.2) is 12.9 Å². The van der Waals surface area contributed by atoms with Crippen molar-refractivity contribution in [2.75, 3.05) is 0 Å². The number of halogens is 11. The van der Waals surface area contributed by atoms with Crippen molar-refractivity contribution < 1.29 is 44.8 Å². The number of alkyl halides is 9. The summed E-state index contributed by atoms with van der Waals surface area (Å²) >= 11 is 52.5. The van der Waals surface area contributed by atoms with Crippen LogP contribution in [0.3, 0.4) is 0 Å². The number of benzene rings is 10. The maximum absolute atomic E-state index is 7.73. The molecule has 0 amide bonds. The Balaban J connectivity index is 0.000000346. The minimum Gasteiger partial charge on any atom is -0.366 e. The predicted molar refractivity (Wildman–Crippen MR) is 342 cm³/mol. The van der Waals surface area contributed by atoms with Gasteiger partial charge in [-0.15, -0.1) is 32.7 Å². The van der Waals surface area contributed by atoms with Gasteiger partial charge in [-0.2, -0.15) is 5.34 Å². The Kier molecular flexibility index (Phi) is 37.4. The average molecular weight is 1630 g/mol. The van der Waals surface area contributed by atoms with Gasteiger partial charge < -0.3 is 36.0 Å². The standard InChI is InChI=1S/C22H10.2C18H15P.3CHCl3.CHCl2.2Au/c1-3-17-19-11-7-8-12-20(19)18(4-2)22-14-16-10-6-5-9-15(16)13-21(17)22;2*1-4-10-16(11-5-1)19(17-12-6-2-7-13-17)18-14-8-3-9-15-18;3*2-1(3)4;2-1-3;;/h5-14H;2*1-15H;3*1H;1H;;/q-2;;;;;;-1;2*+1. The smallest absolute Gasteiger partial charge is 0.366 e. The first-order valence-corrected chi connectivity index (χ1v) is 29.7. The molecule has 10 rings (SSSR count). The van der Waals surface area contributed by atoms with Crippen molar-refractivity contribution >= 4 is 208 Å². The third-order valence-electron chi connectivity index (χ3n) is 10.2. The number of hydrogen-bond donors (Lipinski definition) is 0. The molecule has 0 nitrogen and oxygen atoms in total. The van der Waals surface area contributed by atoms with Crippen molar-refractivity contribution in [1.82, 2.24) is 0 Å². The Morgan fingerprint density at radius 2 is 0.468 bits per heavy atom. The predicted octanol–water partition coefficient (Wildman–Crippen LogP) is 19.4. The van der Waals surface area contributed by atoms with E-state index in [2.05, 4.69) is 241 Å². The third kappa shape index (κ3) is 24.7. The van der Waals surface area contributed by atoms with Crippen LogP contribution in [0.2, 0.25) is 0 Å². The van der Waals surface area contributed by atoms with Gasteiger partial charge in [-0.05, 0) is 58.4 Å². The van der Waals surface area contributed by atoms with Crippen LogP contribution in [0.4, 0.5) is 0 Å². The zero-order chi connectivity index (χ0) is 54.4. The second-order valence-electron chi connectivity index (χ2n) is 14.8. The quantitative estimate of drug-likeness (QED) is 0.0389. The summed E-state index contributed by atoms with van der Waals surface area (Å²) in [5.41, 5.74) is 1.55. The fourth-order valence-electron chi connectivity index (χ4n) is 7.49. The summed E-state index contributed by atoms with van der Waals surface area (Å²) in [5.74, 6) is 5.18. The van der Waals surface area contributed by atoms with Crippen molar-refractivity contribution in [3.63, 3.8) is 0 Å². The molecule has 77 heavy (non-hydrogen) atoms. The van der Waals surface area contributed by atoms with Crippen LogP contribution >= 0.6 is 143 Å². The molecule has 0 spiro atoms. The van der Waals surface area contributed by atoms with Crippen molar-refractivity contribution in [3.05, 3.63) is 272 Å². The van der Waals surface area contributed by atoms with Gasteiger partial charge in [-0.3, -0.25) is 11.8 Å². The van der Waals surface area contributed by atoms with Crippen LogP contribution in [0.15, 0.2) is 243 Å².